The molecule has 0 bridgehead atoms. The van der Waals surface area contributed by atoms with E-state index in [-0.39, 0.29) is 18.1 Å². The van der Waals surface area contributed by atoms with Crippen LogP contribution in [0, 0.1) is 11.6 Å². The van der Waals surface area contributed by atoms with Crippen molar-refractivity contribution < 1.29 is 13.6 Å². The van der Waals surface area contributed by atoms with Gasteiger partial charge in [-0.1, -0.05) is 6.07 Å². The van der Waals surface area contributed by atoms with Gasteiger partial charge in [-0.05, 0) is 25.0 Å². The third kappa shape index (κ3) is 2.72. The van der Waals surface area contributed by atoms with Crippen LogP contribution in [0.15, 0.2) is 18.2 Å². The summed E-state index contributed by atoms with van der Waals surface area (Å²) in [4.78, 5) is 13.3. The summed E-state index contributed by atoms with van der Waals surface area (Å²) in [6, 6.07) is 3.89. The summed E-state index contributed by atoms with van der Waals surface area (Å²) >= 11 is 0. The second kappa shape index (κ2) is 4.69. The Hall–Kier alpha value is -1.65. The lowest BCUT2D eigenvalue weighted by Gasteiger charge is -2.17. The topological polar surface area (TPSA) is 32.3 Å². The lowest BCUT2D eigenvalue weighted by Crippen LogP contribution is -2.34. The van der Waals surface area contributed by atoms with Gasteiger partial charge in [0, 0.05) is 13.1 Å². The van der Waals surface area contributed by atoms with Crippen LogP contribution in [-0.2, 0) is 4.79 Å². The third-order valence-electron chi connectivity index (χ3n) is 2.87. The van der Waals surface area contributed by atoms with E-state index >= 15 is 0 Å². The Labute approximate surface area is 98.4 Å². The zero-order valence-electron chi connectivity index (χ0n) is 9.54. The standard InChI is InChI=1S/C12H14F2N2O/c1-16(8-5-6-8)11(17)7-15-12-9(13)3-2-4-10(12)14/h2-4,8,15H,5-7H2,1H3. The molecule has 0 unspecified atom stereocenters. The summed E-state index contributed by atoms with van der Waals surface area (Å²) in [5, 5.41) is 2.50. The molecular formula is C12H14F2N2O. The lowest BCUT2D eigenvalue weighted by molar-refractivity contribution is -0.128. The number of carbonyl (C=O) groups excluding carboxylic acids is 1. The van der Waals surface area contributed by atoms with Crippen molar-refractivity contribution in [3.63, 3.8) is 0 Å². The Bertz CT molecular complexity index is 412. The molecule has 1 amide bonds. The second-order valence-electron chi connectivity index (χ2n) is 4.19. The molecule has 1 saturated carbocycles. The molecule has 1 fully saturated rings. The number of halogens is 2. The zero-order valence-corrected chi connectivity index (χ0v) is 9.54. The molecule has 1 N–H and O–H groups in total. The van der Waals surface area contributed by atoms with Crippen molar-refractivity contribution in [2.75, 3.05) is 18.9 Å². The van der Waals surface area contributed by atoms with Crippen LogP contribution in [0.1, 0.15) is 12.8 Å². The Balaban J connectivity index is 1.95. The first-order chi connectivity index (χ1) is 8.09. The van der Waals surface area contributed by atoms with Crippen LogP contribution in [-0.4, -0.2) is 30.4 Å². The Morgan fingerprint density at radius 2 is 2.00 bits per heavy atom. The van der Waals surface area contributed by atoms with Gasteiger partial charge >= 0.3 is 0 Å². The summed E-state index contributed by atoms with van der Waals surface area (Å²) < 4.78 is 26.5. The van der Waals surface area contributed by atoms with Crippen LogP contribution in [0.5, 0.6) is 0 Å². The van der Waals surface area contributed by atoms with E-state index in [0.717, 1.165) is 25.0 Å². The first kappa shape index (κ1) is 11.8. The normalized spacial score (nSPS) is 14.5. The number of carbonyl (C=O) groups is 1. The van der Waals surface area contributed by atoms with Gasteiger partial charge in [-0.25, -0.2) is 8.78 Å². The predicted molar refractivity (Wildman–Crippen MR) is 60.6 cm³/mol. The van der Waals surface area contributed by atoms with Gasteiger partial charge in [0.15, 0.2) is 0 Å². The third-order valence-corrected chi connectivity index (χ3v) is 2.87. The minimum Gasteiger partial charge on any atom is -0.371 e. The first-order valence-electron chi connectivity index (χ1n) is 5.53. The largest absolute Gasteiger partial charge is 0.371 e. The van der Waals surface area contributed by atoms with Gasteiger partial charge in [0.2, 0.25) is 5.91 Å². The first-order valence-corrected chi connectivity index (χ1v) is 5.53. The molecule has 92 valence electrons. The molecule has 5 heteroatoms. The molecule has 0 spiro atoms. The van der Waals surface area contributed by atoms with E-state index in [0.29, 0.717) is 6.04 Å². The number of para-hydroxylation sites is 1. The number of rotatable bonds is 4. The highest BCUT2D eigenvalue weighted by Crippen LogP contribution is 2.25. The van der Waals surface area contributed by atoms with Crippen LogP contribution in [0.3, 0.4) is 0 Å². The molecule has 0 atom stereocenters. The minimum absolute atomic E-state index is 0.0924. The van der Waals surface area contributed by atoms with Crippen LogP contribution in [0.25, 0.3) is 0 Å². The van der Waals surface area contributed by atoms with Gasteiger partial charge in [0.05, 0.1) is 6.54 Å². The van der Waals surface area contributed by atoms with Crippen molar-refractivity contribution in [3.05, 3.63) is 29.8 Å². The molecule has 2 rings (SSSR count). The fourth-order valence-corrected chi connectivity index (χ4v) is 1.62. The van der Waals surface area contributed by atoms with E-state index in [1.165, 1.54) is 6.07 Å². The van der Waals surface area contributed by atoms with Gasteiger partial charge in [-0.15, -0.1) is 0 Å². The van der Waals surface area contributed by atoms with Gasteiger partial charge < -0.3 is 10.2 Å². The second-order valence-corrected chi connectivity index (χ2v) is 4.19. The number of hydrogen-bond donors (Lipinski definition) is 1. The van der Waals surface area contributed by atoms with Crippen molar-refractivity contribution in [2.24, 2.45) is 0 Å². The highest BCUT2D eigenvalue weighted by Gasteiger charge is 2.29. The van der Waals surface area contributed by atoms with Gasteiger partial charge in [-0.3, -0.25) is 4.79 Å². The molecule has 0 radical (unpaired) electrons. The maximum atomic E-state index is 13.2. The van der Waals surface area contributed by atoms with Crippen molar-refractivity contribution in [1.29, 1.82) is 0 Å². The van der Waals surface area contributed by atoms with Gasteiger partial charge in [0.1, 0.15) is 17.3 Å². The molecular weight excluding hydrogens is 226 g/mol. The molecule has 3 nitrogen and oxygen atoms in total. The van der Waals surface area contributed by atoms with Gasteiger partial charge in [-0.2, -0.15) is 0 Å². The fourth-order valence-electron chi connectivity index (χ4n) is 1.62. The number of hydrogen-bond acceptors (Lipinski definition) is 2. The fraction of sp³-hybridized carbons (Fsp3) is 0.417. The van der Waals surface area contributed by atoms with Crippen LogP contribution < -0.4 is 5.32 Å². The molecule has 0 heterocycles. The highest BCUT2D eigenvalue weighted by molar-refractivity contribution is 5.81. The maximum Gasteiger partial charge on any atom is 0.241 e. The van der Waals surface area contributed by atoms with E-state index in [2.05, 4.69) is 5.32 Å². The molecule has 1 aromatic rings. The molecule has 0 saturated heterocycles. The maximum absolute atomic E-state index is 13.2. The number of amides is 1. The SMILES string of the molecule is CN(C(=O)CNc1c(F)cccc1F)C1CC1. The Kier molecular flexibility index (Phi) is 3.26. The van der Waals surface area contributed by atoms with Crippen molar-refractivity contribution >= 4 is 11.6 Å². The molecule has 0 aromatic heterocycles. The average Bonchev–Trinajstić information content (AvgIpc) is 3.11. The minimum atomic E-state index is -0.688. The van der Waals surface area contributed by atoms with E-state index in [1.54, 1.807) is 11.9 Å². The average molecular weight is 240 g/mol. The number of benzene rings is 1. The smallest absolute Gasteiger partial charge is 0.241 e. The highest BCUT2D eigenvalue weighted by atomic mass is 19.1. The molecule has 1 aliphatic carbocycles. The van der Waals surface area contributed by atoms with Crippen molar-refractivity contribution in [1.82, 2.24) is 4.90 Å². The number of anilines is 1. The Morgan fingerprint density at radius 3 is 2.53 bits per heavy atom. The van der Waals surface area contributed by atoms with E-state index in [9.17, 15) is 13.6 Å². The summed E-state index contributed by atoms with van der Waals surface area (Å²) in [6.45, 7) is -0.0924. The zero-order chi connectivity index (χ0) is 12.4. The Morgan fingerprint density at radius 1 is 1.41 bits per heavy atom. The van der Waals surface area contributed by atoms with Crippen LogP contribution in [0.4, 0.5) is 14.5 Å². The van der Waals surface area contributed by atoms with E-state index < -0.39 is 11.6 Å². The molecule has 0 aliphatic heterocycles. The summed E-state index contributed by atoms with van der Waals surface area (Å²) in [5.41, 5.74) is -0.245. The van der Waals surface area contributed by atoms with Crippen LogP contribution >= 0.6 is 0 Å². The number of nitrogens with zero attached hydrogens (tertiary/aromatic N) is 1. The van der Waals surface area contributed by atoms with Gasteiger partial charge in [0.25, 0.3) is 0 Å². The van der Waals surface area contributed by atoms with Crippen molar-refractivity contribution in [2.45, 2.75) is 18.9 Å². The van der Waals surface area contributed by atoms with E-state index in [4.69, 9.17) is 0 Å². The number of likely N-dealkylation sites (N-methyl/N-ethyl adjacent to an activating group) is 1. The summed E-state index contributed by atoms with van der Waals surface area (Å²) in [7, 11) is 1.71. The quantitative estimate of drug-likeness (QED) is 0.873. The summed E-state index contributed by atoms with van der Waals surface area (Å²) in [6.07, 6.45) is 2.02. The number of nitrogens with one attached hydrogen (secondary N) is 1. The molecule has 1 aliphatic rings. The van der Waals surface area contributed by atoms with Crippen LogP contribution in [0.2, 0.25) is 0 Å². The monoisotopic (exact) mass is 240 g/mol. The lowest BCUT2D eigenvalue weighted by atomic mass is 10.3. The van der Waals surface area contributed by atoms with E-state index in [1.807, 2.05) is 0 Å². The molecule has 17 heavy (non-hydrogen) atoms. The molecule has 1 aromatic carbocycles. The predicted octanol–water partition coefficient (Wildman–Crippen LogP) is 2.00. The summed E-state index contributed by atoms with van der Waals surface area (Å²) in [5.74, 6) is -1.53. The van der Waals surface area contributed by atoms with Crippen molar-refractivity contribution in [3.8, 4) is 0 Å².